The average Bonchev–Trinajstić information content (AvgIpc) is 3.13. The number of aryl methyl sites for hydroxylation is 1. The number of benzene rings is 1. The summed E-state index contributed by atoms with van der Waals surface area (Å²) in [4.78, 5) is 11.9. The van der Waals surface area contributed by atoms with Crippen LogP contribution in [0.3, 0.4) is 0 Å². The Morgan fingerprint density at radius 3 is 3.09 bits per heavy atom. The molecule has 0 aliphatic carbocycles. The molecule has 22 heavy (non-hydrogen) atoms. The van der Waals surface area contributed by atoms with Crippen molar-refractivity contribution in [2.24, 2.45) is 0 Å². The highest BCUT2D eigenvalue weighted by atomic mass is 16.5. The summed E-state index contributed by atoms with van der Waals surface area (Å²) in [6, 6.07) is 7.38. The largest absolute Gasteiger partial charge is 0.457 e. The average molecular weight is 301 g/mol. The van der Waals surface area contributed by atoms with Crippen LogP contribution in [0.2, 0.25) is 0 Å². The van der Waals surface area contributed by atoms with Crippen LogP contribution in [0.4, 0.5) is 0 Å². The van der Waals surface area contributed by atoms with Gasteiger partial charge in [0.1, 0.15) is 5.69 Å². The van der Waals surface area contributed by atoms with Crippen molar-refractivity contribution in [1.29, 1.82) is 0 Å². The zero-order chi connectivity index (χ0) is 15.4. The molecule has 0 amide bonds. The Morgan fingerprint density at radius 2 is 2.23 bits per heavy atom. The minimum absolute atomic E-state index is 0.0433. The van der Waals surface area contributed by atoms with Gasteiger partial charge in [0, 0.05) is 11.9 Å². The van der Waals surface area contributed by atoms with E-state index in [0.717, 1.165) is 11.8 Å². The summed E-state index contributed by atoms with van der Waals surface area (Å²) in [5, 5.41) is 16.0. The number of fused-ring (bicyclic) bond motifs is 1. The fourth-order valence-corrected chi connectivity index (χ4v) is 2.11. The maximum atomic E-state index is 11.9. The van der Waals surface area contributed by atoms with Gasteiger partial charge in [-0.1, -0.05) is 24.2 Å². The third-order valence-corrected chi connectivity index (χ3v) is 3.17. The molecule has 0 aliphatic heterocycles. The van der Waals surface area contributed by atoms with Crippen LogP contribution in [-0.2, 0) is 29.1 Å². The fraction of sp³-hybridized carbons (Fsp3) is 0.357. The zero-order valence-corrected chi connectivity index (χ0v) is 12.1. The van der Waals surface area contributed by atoms with Crippen molar-refractivity contribution in [3.63, 3.8) is 0 Å². The molecule has 0 saturated heterocycles. The second-order valence-corrected chi connectivity index (χ2v) is 4.78. The summed E-state index contributed by atoms with van der Waals surface area (Å²) in [6.45, 7) is 2.75. The lowest BCUT2D eigenvalue weighted by Gasteiger charge is -2.04. The molecule has 2 aromatic heterocycles. The van der Waals surface area contributed by atoms with E-state index < -0.39 is 5.97 Å². The zero-order valence-electron chi connectivity index (χ0n) is 12.1. The Balaban J connectivity index is 1.62. The molecule has 0 saturated carbocycles. The number of hydrogen-bond acceptors (Lipinski definition) is 7. The second kappa shape index (κ2) is 6.33. The molecule has 0 atom stereocenters. The van der Waals surface area contributed by atoms with E-state index in [1.54, 1.807) is 10.7 Å². The van der Waals surface area contributed by atoms with Crippen molar-refractivity contribution in [2.75, 3.05) is 0 Å². The number of carbonyl (C=O) groups is 1. The third kappa shape index (κ3) is 2.95. The Kier molecular flexibility index (Phi) is 4.08. The van der Waals surface area contributed by atoms with Crippen LogP contribution in [0.5, 0.6) is 0 Å². The number of tetrazole rings is 1. The van der Waals surface area contributed by atoms with E-state index in [4.69, 9.17) is 9.26 Å². The van der Waals surface area contributed by atoms with Crippen molar-refractivity contribution in [3.05, 3.63) is 35.8 Å². The molecular formula is C14H15N5O3. The van der Waals surface area contributed by atoms with Crippen molar-refractivity contribution in [2.45, 2.75) is 32.9 Å². The van der Waals surface area contributed by atoms with Gasteiger partial charge >= 0.3 is 5.97 Å². The lowest BCUT2D eigenvalue weighted by atomic mass is 10.2. The van der Waals surface area contributed by atoms with Crippen LogP contribution < -0.4 is 0 Å². The van der Waals surface area contributed by atoms with Gasteiger partial charge in [-0.3, -0.25) is 4.79 Å². The summed E-state index contributed by atoms with van der Waals surface area (Å²) < 4.78 is 12.0. The van der Waals surface area contributed by atoms with Gasteiger partial charge in [0.2, 0.25) is 0 Å². The van der Waals surface area contributed by atoms with Gasteiger partial charge < -0.3 is 9.26 Å². The van der Waals surface area contributed by atoms with E-state index in [0.29, 0.717) is 23.6 Å². The van der Waals surface area contributed by atoms with Gasteiger partial charge in [0.25, 0.3) is 0 Å². The van der Waals surface area contributed by atoms with E-state index in [2.05, 4.69) is 20.7 Å². The lowest BCUT2D eigenvalue weighted by molar-refractivity contribution is -0.144. The first-order valence-corrected chi connectivity index (χ1v) is 7.02. The molecule has 0 N–H and O–H groups in total. The SMILES string of the molecule is CCCn1nnnc1COC(=O)Cc1noc2ccccc12. The number of hydrogen-bond donors (Lipinski definition) is 0. The molecule has 0 fully saturated rings. The molecule has 8 heteroatoms. The predicted octanol–water partition coefficient (Wildman–Crippen LogP) is 1.51. The highest BCUT2D eigenvalue weighted by Gasteiger charge is 2.14. The van der Waals surface area contributed by atoms with Crippen LogP contribution >= 0.6 is 0 Å². The molecule has 2 heterocycles. The minimum atomic E-state index is -0.398. The van der Waals surface area contributed by atoms with Gasteiger partial charge in [-0.25, -0.2) is 4.68 Å². The minimum Gasteiger partial charge on any atom is -0.457 e. The summed E-state index contributed by atoms with van der Waals surface area (Å²) in [5.41, 5.74) is 1.21. The Hall–Kier alpha value is -2.77. The third-order valence-electron chi connectivity index (χ3n) is 3.17. The molecule has 114 valence electrons. The van der Waals surface area contributed by atoms with Crippen LogP contribution in [0.15, 0.2) is 28.8 Å². The number of carbonyl (C=O) groups excluding carboxylic acids is 1. The Bertz CT molecular complexity index is 779. The van der Waals surface area contributed by atoms with Gasteiger partial charge in [-0.05, 0) is 29.0 Å². The molecule has 0 aliphatic rings. The molecule has 1 aromatic carbocycles. The maximum absolute atomic E-state index is 11.9. The van der Waals surface area contributed by atoms with Crippen molar-refractivity contribution in [3.8, 4) is 0 Å². The first-order chi connectivity index (χ1) is 10.8. The molecule has 8 nitrogen and oxygen atoms in total. The van der Waals surface area contributed by atoms with E-state index in [1.807, 2.05) is 25.1 Å². The monoisotopic (exact) mass is 301 g/mol. The molecule has 0 spiro atoms. The van der Waals surface area contributed by atoms with Crippen molar-refractivity contribution >= 4 is 16.9 Å². The fourth-order valence-electron chi connectivity index (χ4n) is 2.11. The number of para-hydroxylation sites is 1. The Morgan fingerprint density at radius 1 is 1.36 bits per heavy atom. The molecule has 0 unspecified atom stereocenters. The molecule has 3 aromatic rings. The van der Waals surface area contributed by atoms with Crippen molar-refractivity contribution in [1.82, 2.24) is 25.4 Å². The van der Waals surface area contributed by atoms with Gasteiger partial charge in [0.15, 0.2) is 18.0 Å². The lowest BCUT2D eigenvalue weighted by Crippen LogP contribution is -2.12. The van der Waals surface area contributed by atoms with E-state index >= 15 is 0 Å². The second-order valence-electron chi connectivity index (χ2n) is 4.78. The predicted molar refractivity (Wildman–Crippen MR) is 75.6 cm³/mol. The smallest absolute Gasteiger partial charge is 0.312 e. The molecule has 3 rings (SSSR count). The van der Waals surface area contributed by atoms with Crippen molar-refractivity contribution < 1.29 is 14.1 Å². The summed E-state index contributed by atoms with van der Waals surface area (Å²) in [7, 11) is 0. The molecule has 0 bridgehead atoms. The topological polar surface area (TPSA) is 95.9 Å². The summed E-state index contributed by atoms with van der Waals surface area (Å²) in [5.74, 6) is 0.130. The normalized spacial score (nSPS) is 11.0. The molecular weight excluding hydrogens is 286 g/mol. The maximum Gasteiger partial charge on any atom is 0.312 e. The quantitative estimate of drug-likeness (QED) is 0.637. The standard InChI is InChI=1S/C14H15N5O3/c1-2-7-19-13(15-17-18-19)9-21-14(20)8-11-10-5-3-4-6-12(10)22-16-11/h3-6H,2,7-9H2,1H3. The van der Waals surface area contributed by atoms with Gasteiger partial charge in [-0.15, -0.1) is 5.10 Å². The number of ether oxygens (including phenoxy) is 1. The number of aromatic nitrogens is 5. The number of nitrogens with zero attached hydrogens (tertiary/aromatic N) is 5. The van der Waals surface area contributed by atoms with E-state index in [9.17, 15) is 4.79 Å². The van der Waals surface area contributed by atoms with Gasteiger partial charge in [0.05, 0.1) is 6.42 Å². The first-order valence-electron chi connectivity index (χ1n) is 7.02. The van der Waals surface area contributed by atoms with Gasteiger partial charge in [-0.2, -0.15) is 0 Å². The van der Waals surface area contributed by atoms with Crippen LogP contribution in [0, 0.1) is 0 Å². The highest BCUT2D eigenvalue weighted by Crippen LogP contribution is 2.18. The van der Waals surface area contributed by atoms with Crippen LogP contribution in [0.25, 0.3) is 11.0 Å². The summed E-state index contributed by atoms with van der Waals surface area (Å²) >= 11 is 0. The summed E-state index contributed by atoms with van der Waals surface area (Å²) in [6.07, 6.45) is 0.948. The number of rotatable bonds is 6. The Labute approximate surface area is 126 Å². The molecule has 0 radical (unpaired) electrons. The first kappa shape index (κ1) is 14.2. The van der Waals surface area contributed by atoms with Crippen LogP contribution in [0.1, 0.15) is 24.9 Å². The van der Waals surface area contributed by atoms with Crippen LogP contribution in [-0.4, -0.2) is 31.3 Å². The van der Waals surface area contributed by atoms with E-state index in [1.165, 1.54) is 0 Å². The number of esters is 1. The highest BCUT2D eigenvalue weighted by molar-refractivity contribution is 5.84. The van der Waals surface area contributed by atoms with E-state index in [-0.39, 0.29) is 13.0 Å².